The van der Waals surface area contributed by atoms with Crippen LogP contribution in [-0.4, -0.2) is 19.2 Å². The number of hydrogen-bond acceptors (Lipinski definition) is 4. The van der Waals surface area contributed by atoms with E-state index in [0.717, 1.165) is 0 Å². The molecule has 0 aliphatic heterocycles. The number of pyridine rings is 1. The Morgan fingerprint density at radius 1 is 0.944 bits per heavy atom. The Hall–Kier alpha value is -2.05. The Morgan fingerprint density at radius 3 is 1.94 bits per heavy atom. The fourth-order valence-electron chi connectivity index (χ4n) is 1.47. The van der Waals surface area contributed by atoms with Gasteiger partial charge < -0.3 is 0 Å². The van der Waals surface area contributed by atoms with E-state index in [1.54, 1.807) is 12.1 Å². The minimum atomic E-state index is -3.73. The molecule has 0 unspecified atom stereocenters. The summed E-state index contributed by atoms with van der Waals surface area (Å²) in [6.07, 6.45) is 3.04. The maximum atomic E-state index is 12.0. The molecular formula is C12H10N2O3S. The van der Waals surface area contributed by atoms with Gasteiger partial charge >= 0.3 is 0 Å². The Labute approximate surface area is 104 Å². The molecule has 6 heteroatoms. The number of aromatic nitrogens is 1. The van der Waals surface area contributed by atoms with Crippen LogP contribution >= 0.6 is 0 Å². The van der Waals surface area contributed by atoms with Crippen molar-refractivity contribution >= 4 is 15.8 Å². The zero-order valence-corrected chi connectivity index (χ0v) is 10.1. The normalized spacial score (nSPS) is 11.2. The number of nitrogens with zero attached hydrogens (tertiary/aromatic N) is 1. The molecular weight excluding hydrogens is 252 g/mol. The summed E-state index contributed by atoms with van der Waals surface area (Å²) in [6, 6.07) is 8.67. The Kier molecular flexibility index (Phi) is 3.22. The average molecular weight is 262 g/mol. The molecule has 0 aliphatic carbocycles. The predicted molar refractivity (Wildman–Crippen MR) is 65.5 cm³/mol. The first-order valence-corrected chi connectivity index (χ1v) is 6.61. The van der Waals surface area contributed by atoms with Gasteiger partial charge in [-0.1, -0.05) is 0 Å². The minimum Gasteiger partial charge on any atom is -0.289 e. The fraction of sp³-hybridized carbons (Fsp3) is 0. The van der Waals surface area contributed by atoms with Gasteiger partial charge in [0.25, 0.3) is 0 Å². The van der Waals surface area contributed by atoms with Gasteiger partial charge in [0.15, 0.2) is 5.78 Å². The number of nitrogens with two attached hydrogens (primary N) is 1. The highest BCUT2D eigenvalue weighted by Crippen LogP contribution is 2.12. The maximum absolute atomic E-state index is 12.0. The first-order valence-electron chi connectivity index (χ1n) is 5.06. The molecule has 0 fully saturated rings. The zero-order chi connectivity index (χ0) is 13.2. The van der Waals surface area contributed by atoms with Gasteiger partial charge in [0.1, 0.15) is 0 Å². The smallest absolute Gasteiger partial charge is 0.238 e. The molecule has 2 aromatic rings. The molecule has 18 heavy (non-hydrogen) atoms. The van der Waals surface area contributed by atoms with E-state index in [-0.39, 0.29) is 10.7 Å². The lowest BCUT2D eigenvalue weighted by Crippen LogP contribution is -2.12. The number of hydrogen-bond donors (Lipinski definition) is 1. The molecule has 1 heterocycles. The summed E-state index contributed by atoms with van der Waals surface area (Å²) in [7, 11) is -3.73. The Balaban J connectivity index is 2.34. The number of carbonyl (C=O) groups excluding carboxylic acids is 1. The first-order chi connectivity index (χ1) is 8.48. The van der Waals surface area contributed by atoms with Gasteiger partial charge in [-0.3, -0.25) is 9.78 Å². The van der Waals surface area contributed by atoms with E-state index in [1.165, 1.54) is 36.7 Å². The summed E-state index contributed by atoms with van der Waals surface area (Å²) in [5, 5.41) is 4.97. The van der Waals surface area contributed by atoms with Crippen LogP contribution in [0.5, 0.6) is 0 Å². The van der Waals surface area contributed by atoms with Gasteiger partial charge in [-0.05, 0) is 36.4 Å². The third-order valence-corrected chi connectivity index (χ3v) is 3.32. The SMILES string of the molecule is NS(=O)(=O)c1ccc(C(=O)c2ccncc2)cc1. The van der Waals surface area contributed by atoms with Crippen molar-refractivity contribution in [2.45, 2.75) is 4.90 Å². The molecule has 0 bridgehead atoms. The molecule has 1 aromatic carbocycles. The van der Waals surface area contributed by atoms with Gasteiger partial charge in [0.05, 0.1) is 4.90 Å². The maximum Gasteiger partial charge on any atom is 0.238 e. The van der Waals surface area contributed by atoms with Crippen LogP contribution in [0.2, 0.25) is 0 Å². The van der Waals surface area contributed by atoms with E-state index in [0.29, 0.717) is 11.1 Å². The van der Waals surface area contributed by atoms with Crippen molar-refractivity contribution in [1.82, 2.24) is 4.98 Å². The number of carbonyl (C=O) groups is 1. The van der Waals surface area contributed by atoms with E-state index >= 15 is 0 Å². The van der Waals surface area contributed by atoms with Crippen LogP contribution in [0.3, 0.4) is 0 Å². The van der Waals surface area contributed by atoms with Gasteiger partial charge in [-0.2, -0.15) is 0 Å². The number of benzene rings is 1. The van der Waals surface area contributed by atoms with Crippen molar-refractivity contribution < 1.29 is 13.2 Å². The summed E-state index contributed by atoms with van der Waals surface area (Å²) in [5.41, 5.74) is 0.891. The van der Waals surface area contributed by atoms with Crippen LogP contribution in [0.4, 0.5) is 0 Å². The highest BCUT2D eigenvalue weighted by atomic mass is 32.2. The van der Waals surface area contributed by atoms with Gasteiger partial charge in [-0.25, -0.2) is 13.6 Å². The van der Waals surface area contributed by atoms with Crippen LogP contribution in [0.1, 0.15) is 15.9 Å². The third-order valence-electron chi connectivity index (χ3n) is 2.39. The second kappa shape index (κ2) is 4.67. The quantitative estimate of drug-likeness (QED) is 0.834. The second-order valence-electron chi connectivity index (χ2n) is 3.63. The summed E-state index contributed by atoms with van der Waals surface area (Å²) in [5.74, 6) is -0.196. The molecule has 2 N–H and O–H groups in total. The summed E-state index contributed by atoms with van der Waals surface area (Å²) in [6.45, 7) is 0. The van der Waals surface area contributed by atoms with Crippen molar-refractivity contribution in [2.75, 3.05) is 0 Å². The largest absolute Gasteiger partial charge is 0.289 e. The fourth-order valence-corrected chi connectivity index (χ4v) is 1.98. The van der Waals surface area contributed by atoms with Crippen LogP contribution in [0, 0.1) is 0 Å². The zero-order valence-electron chi connectivity index (χ0n) is 9.28. The molecule has 0 saturated heterocycles. The molecule has 0 aliphatic rings. The van der Waals surface area contributed by atoms with Crippen molar-refractivity contribution in [3.05, 3.63) is 59.9 Å². The predicted octanol–water partition coefficient (Wildman–Crippen LogP) is 0.960. The van der Waals surface area contributed by atoms with E-state index in [9.17, 15) is 13.2 Å². The first kappa shape index (κ1) is 12.4. The third kappa shape index (κ3) is 2.61. The van der Waals surface area contributed by atoms with Crippen molar-refractivity contribution in [3.8, 4) is 0 Å². The van der Waals surface area contributed by atoms with E-state index in [1.807, 2.05) is 0 Å². The van der Waals surface area contributed by atoms with Crippen LogP contribution < -0.4 is 5.14 Å². The summed E-state index contributed by atoms with van der Waals surface area (Å²) in [4.78, 5) is 15.8. The van der Waals surface area contributed by atoms with Gasteiger partial charge in [0.2, 0.25) is 10.0 Å². The second-order valence-corrected chi connectivity index (χ2v) is 5.20. The Morgan fingerprint density at radius 2 is 1.44 bits per heavy atom. The highest BCUT2D eigenvalue weighted by molar-refractivity contribution is 7.89. The van der Waals surface area contributed by atoms with Gasteiger partial charge in [0, 0.05) is 23.5 Å². The summed E-state index contributed by atoms with van der Waals surface area (Å²) >= 11 is 0. The van der Waals surface area contributed by atoms with Crippen molar-refractivity contribution in [2.24, 2.45) is 5.14 Å². The van der Waals surface area contributed by atoms with Gasteiger partial charge in [-0.15, -0.1) is 0 Å². The molecule has 0 radical (unpaired) electrons. The van der Waals surface area contributed by atoms with Crippen LogP contribution in [-0.2, 0) is 10.0 Å². The Bertz CT molecular complexity index is 664. The number of primary sulfonamides is 1. The van der Waals surface area contributed by atoms with Crippen molar-refractivity contribution in [1.29, 1.82) is 0 Å². The topological polar surface area (TPSA) is 90.1 Å². The molecule has 2 rings (SSSR count). The van der Waals surface area contributed by atoms with E-state index in [2.05, 4.69) is 4.98 Å². The average Bonchev–Trinajstić information content (AvgIpc) is 2.38. The van der Waals surface area contributed by atoms with Crippen LogP contribution in [0.25, 0.3) is 0 Å². The van der Waals surface area contributed by atoms with E-state index in [4.69, 9.17) is 5.14 Å². The monoisotopic (exact) mass is 262 g/mol. The van der Waals surface area contributed by atoms with Crippen molar-refractivity contribution in [3.63, 3.8) is 0 Å². The molecule has 0 spiro atoms. The molecule has 0 amide bonds. The summed E-state index contributed by atoms with van der Waals surface area (Å²) < 4.78 is 22.1. The molecule has 1 aromatic heterocycles. The lowest BCUT2D eigenvalue weighted by atomic mass is 10.1. The molecule has 92 valence electrons. The van der Waals surface area contributed by atoms with Crippen LogP contribution in [0.15, 0.2) is 53.7 Å². The standard InChI is InChI=1S/C12H10N2O3S/c13-18(16,17)11-3-1-9(2-4-11)12(15)10-5-7-14-8-6-10/h1-8H,(H2,13,16,17). The highest BCUT2D eigenvalue weighted by Gasteiger charge is 2.11. The lowest BCUT2D eigenvalue weighted by Gasteiger charge is -2.02. The van der Waals surface area contributed by atoms with E-state index < -0.39 is 10.0 Å². The molecule has 0 atom stereocenters. The molecule has 5 nitrogen and oxygen atoms in total. The number of ketones is 1. The lowest BCUT2D eigenvalue weighted by molar-refractivity contribution is 0.103. The number of rotatable bonds is 3. The number of sulfonamides is 1. The minimum absolute atomic E-state index is 0.0196. The molecule has 0 saturated carbocycles.